The molecule has 3 unspecified atom stereocenters. The fraction of sp³-hybridized carbons (Fsp3) is 0.800. The first kappa shape index (κ1) is 11.3. The molecule has 0 saturated carbocycles. The van der Waals surface area contributed by atoms with Crippen LogP contribution in [-0.4, -0.2) is 36.9 Å². The van der Waals surface area contributed by atoms with Crippen LogP contribution in [0.5, 0.6) is 0 Å². The summed E-state index contributed by atoms with van der Waals surface area (Å²) in [5, 5.41) is 3.09. The summed E-state index contributed by atoms with van der Waals surface area (Å²) < 4.78 is 5.54. The molecule has 1 saturated heterocycles. The van der Waals surface area contributed by atoms with Crippen LogP contribution in [0, 0.1) is 5.92 Å². The van der Waals surface area contributed by atoms with E-state index in [0.717, 1.165) is 0 Å². The number of morpholine rings is 1. The third-order valence-electron chi connectivity index (χ3n) is 2.41. The summed E-state index contributed by atoms with van der Waals surface area (Å²) in [6.45, 7) is 6.48. The van der Waals surface area contributed by atoms with Gasteiger partial charge in [-0.05, 0) is 12.8 Å². The van der Waals surface area contributed by atoms with E-state index in [2.05, 4.69) is 5.32 Å². The summed E-state index contributed by atoms with van der Waals surface area (Å²) in [5.41, 5.74) is 0. The number of aldehydes is 1. The van der Waals surface area contributed by atoms with Gasteiger partial charge in [0.05, 0.1) is 12.7 Å². The van der Waals surface area contributed by atoms with E-state index in [9.17, 15) is 9.59 Å². The maximum atomic E-state index is 11.3. The van der Waals surface area contributed by atoms with E-state index < -0.39 is 11.8 Å². The van der Waals surface area contributed by atoms with Gasteiger partial charge in [-0.1, -0.05) is 13.8 Å². The molecule has 1 aliphatic heterocycles. The van der Waals surface area contributed by atoms with E-state index in [-0.39, 0.29) is 18.1 Å². The average molecular weight is 199 g/mol. The molecule has 0 amide bonds. The summed E-state index contributed by atoms with van der Waals surface area (Å²) in [5.74, 6) is -0.195. The minimum absolute atomic E-state index is 0.124. The fourth-order valence-electron chi connectivity index (χ4n) is 1.70. The van der Waals surface area contributed by atoms with Crippen molar-refractivity contribution < 1.29 is 14.3 Å². The van der Waals surface area contributed by atoms with Gasteiger partial charge in [-0.2, -0.15) is 0 Å². The zero-order valence-electron chi connectivity index (χ0n) is 8.82. The van der Waals surface area contributed by atoms with Crippen molar-refractivity contribution in [2.45, 2.75) is 39.0 Å². The van der Waals surface area contributed by atoms with Gasteiger partial charge >= 0.3 is 0 Å². The number of carbonyl (C=O) groups is 2. The highest BCUT2D eigenvalue weighted by molar-refractivity contribution is 6.27. The van der Waals surface area contributed by atoms with Gasteiger partial charge in [0, 0.05) is 6.04 Å². The summed E-state index contributed by atoms with van der Waals surface area (Å²) in [7, 11) is 0. The lowest BCUT2D eigenvalue weighted by atomic mass is 9.94. The topological polar surface area (TPSA) is 55.4 Å². The number of rotatable bonds is 3. The van der Waals surface area contributed by atoms with Crippen LogP contribution in [0.15, 0.2) is 0 Å². The number of Topliss-reactive ketones (excluding diaryl/α,β-unsaturated/α-hetero) is 1. The largest absolute Gasteiger partial charge is 0.374 e. The Morgan fingerprint density at radius 2 is 2.21 bits per heavy atom. The predicted molar refractivity (Wildman–Crippen MR) is 52.0 cm³/mol. The van der Waals surface area contributed by atoms with Crippen molar-refractivity contribution >= 4 is 12.1 Å². The Morgan fingerprint density at radius 1 is 1.57 bits per heavy atom. The molecule has 4 heteroatoms. The second kappa shape index (κ2) is 4.66. The minimum Gasteiger partial charge on any atom is -0.374 e. The molecule has 0 aliphatic carbocycles. The number of hydrogen-bond acceptors (Lipinski definition) is 4. The van der Waals surface area contributed by atoms with E-state index in [4.69, 9.17) is 4.74 Å². The Hall–Kier alpha value is -0.740. The first-order valence-corrected chi connectivity index (χ1v) is 4.93. The zero-order chi connectivity index (χ0) is 10.7. The lowest BCUT2D eigenvalue weighted by Crippen LogP contribution is -2.58. The van der Waals surface area contributed by atoms with Crippen molar-refractivity contribution in [1.29, 1.82) is 0 Å². The lowest BCUT2D eigenvalue weighted by molar-refractivity contribution is -0.138. The van der Waals surface area contributed by atoms with Crippen LogP contribution in [-0.2, 0) is 14.3 Å². The van der Waals surface area contributed by atoms with Crippen molar-refractivity contribution in [2.24, 2.45) is 5.92 Å². The van der Waals surface area contributed by atoms with E-state index >= 15 is 0 Å². The monoisotopic (exact) mass is 199 g/mol. The molecule has 0 aromatic heterocycles. The second-order valence-corrected chi connectivity index (χ2v) is 4.11. The van der Waals surface area contributed by atoms with Gasteiger partial charge in [0.1, 0.15) is 6.04 Å². The fourth-order valence-corrected chi connectivity index (χ4v) is 1.70. The molecule has 4 nitrogen and oxygen atoms in total. The Balaban J connectivity index is 2.73. The molecule has 1 rings (SSSR count). The maximum absolute atomic E-state index is 11.3. The summed E-state index contributed by atoms with van der Waals surface area (Å²) in [4.78, 5) is 21.8. The standard InChI is InChI=1S/C10H17NO3/c1-6(2)10-9(8(13)4-12)11-7(3)5-14-10/h4,6-7,9-11H,5H2,1-3H3. The normalized spacial score (nSPS) is 33.0. The first-order chi connectivity index (χ1) is 6.56. The van der Waals surface area contributed by atoms with Crippen molar-refractivity contribution in [1.82, 2.24) is 5.32 Å². The number of carbonyl (C=O) groups excluding carboxylic acids is 2. The molecule has 1 fully saturated rings. The van der Waals surface area contributed by atoms with Crippen molar-refractivity contribution in [3.8, 4) is 0 Å². The molecule has 80 valence electrons. The third kappa shape index (κ3) is 2.39. The number of ether oxygens (including phenoxy) is 1. The molecule has 1 aliphatic rings. The summed E-state index contributed by atoms with van der Waals surface area (Å²) in [6.07, 6.45) is 0.179. The van der Waals surface area contributed by atoms with Gasteiger partial charge in [-0.25, -0.2) is 0 Å². The third-order valence-corrected chi connectivity index (χ3v) is 2.41. The molecule has 3 atom stereocenters. The van der Waals surface area contributed by atoms with Gasteiger partial charge in [0.25, 0.3) is 0 Å². The van der Waals surface area contributed by atoms with Gasteiger partial charge in [0.2, 0.25) is 5.78 Å². The minimum atomic E-state index is -0.476. The Labute approximate surface area is 84.0 Å². The van der Waals surface area contributed by atoms with Crippen molar-refractivity contribution in [2.75, 3.05) is 6.61 Å². The highest BCUT2D eigenvalue weighted by Gasteiger charge is 2.35. The van der Waals surface area contributed by atoms with Gasteiger partial charge in [0.15, 0.2) is 6.29 Å². The Kier molecular flexibility index (Phi) is 3.77. The van der Waals surface area contributed by atoms with Crippen LogP contribution in [0.4, 0.5) is 0 Å². The molecule has 0 radical (unpaired) electrons. The molecule has 14 heavy (non-hydrogen) atoms. The van der Waals surface area contributed by atoms with Crippen LogP contribution >= 0.6 is 0 Å². The quantitative estimate of drug-likeness (QED) is 0.519. The maximum Gasteiger partial charge on any atom is 0.214 e. The molecule has 1 N–H and O–H groups in total. The van der Waals surface area contributed by atoms with E-state index in [1.807, 2.05) is 20.8 Å². The molecule has 0 bridgehead atoms. The van der Waals surface area contributed by atoms with E-state index in [1.165, 1.54) is 0 Å². The van der Waals surface area contributed by atoms with Crippen molar-refractivity contribution in [3.05, 3.63) is 0 Å². The molecule has 0 spiro atoms. The molecule has 0 aromatic carbocycles. The number of ketones is 1. The van der Waals surface area contributed by atoms with Crippen LogP contribution in [0.25, 0.3) is 0 Å². The predicted octanol–water partition coefficient (Wildman–Crippen LogP) is 0.156. The van der Waals surface area contributed by atoms with E-state index in [1.54, 1.807) is 0 Å². The van der Waals surface area contributed by atoms with Gasteiger partial charge in [-0.3, -0.25) is 9.59 Å². The highest BCUT2D eigenvalue weighted by Crippen LogP contribution is 2.16. The van der Waals surface area contributed by atoms with Crippen LogP contribution in [0.1, 0.15) is 20.8 Å². The molecule has 1 heterocycles. The van der Waals surface area contributed by atoms with Crippen LogP contribution in [0.2, 0.25) is 0 Å². The van der Waals surface area contributed by atoms with E-state index in [0.29, 0.717) is 12.9 Å². The number of hydrogen-bond donors (Lipinski definition) is 1. The first-order valence-electron chi connectivity index (χ1n) is 4.93. The Morgan fingerprint density at radius 3 is 2.71 bits per heavy atom. The van der Waals surface area contributed by atoms with Gasteiger partial charge in [-0.15, -0.1) is 0 Å². The van der Waals surface area contributed by atoms with Crippen LogP contribution < -0.4 is 5.32 Å². The SMILES string of the molecule is CC1COC(C(C)C)C(C(=O)C=O)N1. The lowest BCUT2D eigenvalue weighted by Gasteiger charge is -2.36. The van der Waals surface area contributed by atoms with Crippen LogP contribution in [0.3, 0.4) is 0 Å². The second-order valence-electron chi connectivity index (χ2n) is 4.11. The van der Waals surface area contributed by atoms with Crippen molar-refractivity contribution in [3.63, 3.8) is 0 Å². The smallest absolute Gasteiger partial charge is 0.214 e. The zero-order valence-corrected chi connectivity index (χ0v) is 8.82. The highest BCUT2D eigenvalue weighted by atomic mass is 16.5. The summed E-state index contributed by atoms with van der Waals surface area (Å²) in [6, 6.07) is -0.352. The average Bonchev–Trinajstić information content (AvgIpc) is 2.16. The molecule has 0 aromatic rings. The summed E-state index contributed by atoms with van der Waals surface area (Å²) >= 11 is 0. The van der Waals surface area contributed by atoms with Gasteiger partial charge < -0.3 is 10.1 Å². The number of nitrogens with one attached hydrogen (secondary N) is 1. The Bertz CT molecular complexity index is 227. The molecular formula is C10H17NO3. The molecular weight excluding hydrogens is 182 g/mol.